The van der Waals surface area contributed by atoms with Gasteiger partial charge in [-0.1, -0.05) is 29.5 Å². The van der Waals surface area contributed by atoms with Gasteiger partial charge in [-0.3, -0.25) is 9.59 Å². The molecule has 0 N–H and O–H groups in total. The normalized spacial score (nSPS) is 14.5. The first kappa shape index (κ1) is 20.1. The maximum Gasteiger partial charge on any atom is 0.277 e. The van der Waals surface area contributed by atoms with Crippen molar-refractivity contribution >= 4 is 16.8 Å². The number of ether oxygens (including phenoxy) is 1. The van der Waals surface area contributed by atoms with Gasteiger partial charge in [0.2, 0.25) is 5.91 Å². The summed E-state index contributed by atoms with van der Waals surface area (Å²) in [5, 5.41) is 8.62. The van der Waals surface area contributed by atoms with Crippen LogP contribution in [-0.2, 0) is 17.9 Å². The molecule has 1 heterocycles. The van der Waals surface area contributed by atoms with E-state index in [0.29, 0.717) is 23.4 Å². The molecule has 0 aliphatic heterocycles. The Bertz CT molecular complexity index is 1090. The van der Waals surface area contributed by atoms with Crippen LogP contribution in [0, 0.1) is 5.92 Å². The number of nitrogens with zero attached hydrogens (tertiary/aromatic N) is 4. The Morgan fingerprint density at radius 3 is 2.63 bits per heavy atom. The Labute approximate surface area is 175 Å². The van der Waals surface area contributed by atoms with E-state index in [1.165, 1.54) is 4.68 Å². The molecule has 0 spiro atoms. The highest BCUT2D eigenvalue weighted by Gasteiger charge is 2.34. The number of fused-ring (bicyclic) bond motifs is 1. The molecular formula is C23H26N4O3. The number of benzene rings is 2. The highest BCUT2D eigenvalue weighted by atomic mass is 16.5. The van der Waals surface area contributed by atoms with Crippen LogP contribution in [0.2, 0.25) is 0 Å². The largest absolute Gasteiger partial charge is 0.497 e. The van der Waals surface area contributed by atoms with Crippen LogP contribution in [0.3, 0.4) is 0 Å². The third kappa shape index (κ3) is 4.35. The minimum atomic E-state index is -0.217. The van der Waals surface area contributed by atoms with Gasteiger partial charge < -0.3 is 9.64 Å². The SMILES string of the molecule is COc1ccc(CN(C(=O)CCn2nnc3ccccc3c2=O)C(C)C2CC2)cc1. The Hall–Kier alpha value is -3.22. The van der Waals surface area contributed by atoms with E-state index in [4.69, 9.17) is 4.74 Å². The van der Waals surface area contributed by atoms with Crippen molar-refractivity contribution in [2.24, 2.45) is 5.92 Å². The zero-order chi connectivity index (χ0) is 21.1. The standard InChI is InChI=1S/C23H26N4O3/c1-16(18-9-10-18)26(15-17-7-11-19(30-2)12-8-17)22(28)13-14-27-23(29)20-5-3-4-6-21(20)24-25-27/h3-8,11-12,16,18H,9-10,13-15H2,1-2H3. The molecular weight excluding hydrogens is 380 g/mol. The van der Waals surface area contributed by atoms with Crippen molar-refractivity contribution in [1.82, 2.24) is 19.9 Å². The maximum absolute atomic E-state index is 13.1. The number of methoxy groups -OCH3 is 1. The highest BCUT2D eigenvalue weighted by molar-refractivity contribution is 5.77. The van der Waals surface area contributed by atoms with Gasteiger partial charge in [0.05, 0.1) is 19.0 Å². The van der Waals surface area contributed by atoms with Crippen LogP contribution in [0.4, 0.5) is 0 Å². The Kier molecular flexibility index (Phi) is 5.79. The lowest BCUT2D eigenvalue weighted by Crippen LogP contribution is -2.40. The smallest absolute Gasteiger partial charge is 0.277 e. The summed E-state index contributed by atoms with van der Waals surface area (Å²) < 4.78 is 6.51. The summed E-state index contributed by atoms with van der Waals surface area (Å²) in [6, 6.07) is 15.1. The van der Waals surface area contributed by atoms with Gasteiger partial charge in [0.25, 0.3) is 5.56 Å². The molecule has 1 atom stereocenters. The summed E-state index contributed by atoms with van der Waals surface area (Å²) in [4.78, 5) is 27.7. The summed E-state index contributed by atoms with van der Waals surface area (Å²) in [5.41, 5.74) is 1.40. The summed E-state index contributed by atoms with van der Waals surface area (Å²) >= 11 is 0. The number of hydrogen-bond donors (Lipinski definition) is 0. The lowest BCUT2D eigenvalue weighted by atomic mass is 10.1. The highest BCUT2D eigenvalue weighted by Crippen LogP contribution is 2.36. The molecule has 1 aliphatic carbocycles. The molecule has 3 aromatic rings. The molecule has 156 valence electrons. The van der Waals surface area contributed by atoms with E-state index < -0.39 is 0 Å². The van der Waals surface area contributed by atoms with Crippen molar-refractivity contribution in [3.05, 3.63) is 64.4 Å². The van der Waals surface area contributed by atoms with Gasteiger partial charge in [-0.2, -0.15) is 0 Å². The minimum absolute atomic E-state index is 0.0204. The van der Waals surface area contributed by atoms with E-state index in [-0.39, 0.29) is 30.5 Å². The number of amides is 1. The monoisotopic (exact) mass is 406 g/mol. The van der Waals surface area contributed by atoms with Crippen LogP contribution < -0.4 is 10.3 Å². The average Bonchev–Trinajstić information content (AvgIpc) is 3.62. The summed E-state index contributed by atoms with van der Waals surface area (Å²) in [6.07, 6.45) is 2.52. The minimum Gasteiger partial charge on any atom is -0.497 e. The van der Waals surface area contributed by atoms with Crippen molar-refractivity contribution in [1.29, 1.82) is 0 Å². The van der Waals surface area contributed by atoms with Crippen molar-refractivity contribution in [3.8, 4) is 5.75 Å². The molecule has 7 nitrogen and oxygen atoms in total. The average molecular weight is 406 g/mol. The van der Waals surface area contributed by atoms with Gasteiger partial charge in [-0.15, -0.1) is 5.10 Å². The number of hydrogen-bond acceptors (Lipinski definition) is 5. The number of aromatic nitrogens is 3. The van der Waals surface area contributed by atoms with Gasteiger partial charge >= 0.3 is 0 Å². The van der Waals surface area contributed by atoms with Crippen LogP contribution in [-0.4, -0.2) is 39.0 Å². The lowest BCUT2D eigenvalue weighted by molar-refractivity contribution is -0.134. The predicted molar refractivity (Wildman–Crippen MR) is 114 cm³/mol. The first-order chi connectivity index (χ1) is 14.6. The fourth-order valence-corrected chi connectivity index (χ4v) is 3.73. The third-order valence-corrected chi connectivity index (χ3v) is 5.79. The molecule has 1 aromatic heterocycles. The van der Waals surface area contributed by atoms with E-state index in [9.17, 15) is 9.59 Å². The van der Waals surface area contributed by atoms with Crippen molar-refractivity contribution in [2.45, 2.75) is 45.3 Å². The summed E-state index contributed by atoms with van der Waals surface area (Å²) in [6.45, 7) is 2.87. The molecule has 2 aromatic carbocycles. The fourth-order valence-electron chi connectivity index (χ4n) is 3.73. The second-order valence-electron chi connectivity index (χ2n) is 7.83. The first-order valence-corrected chi connectivity index (χ1v) is 10.3. The van der Waals surface area contributed by atoms with Gasteiger partial charge in [0, 0.05) is 19.0 Å². The van der Waals surface area contributed by atoms with Crippen LogP contribution in [0.15, 0.2) is 53.3 Å². The topological polar surface area (TPSA) is 77.3 Å². The lowest BCUT2D eigenvalue weighted by Gasteiger charge is -2.30. The molecule has 4 rings (SSSR count). The van der Waals surface area contributed by atoms with Crippen molar-refractivity contribution < 1.29 is 9.53 Å². The number of aryl methyl sites for hydroxylation is 1. The maximum atomic E-state index is 13.1. The number of rotatable bonds is 8. The molecule has 0 saturated heterocycles. The second-order valence-corrected chi connectivity index (χ2v) is 7.83. The molecule has 1 aliphatic rings. The van der Waals surface area contributed by atoms with Gasteiger partial charge in [-0.25, -0.2) is 4.68 Å². The van der Waals surface area contributed by atoms with Gasteiger partial charge in [-0.05, 0) is 55.5 Å². The Balaban J connectivity index is 1.49. The fraction of sp³-hybridized carbons (Fsp3) is 0.391. The van der Waals surface area contributed by atoms with E-state index in [1.807, 2.05) is 35.2 Å². The van der Waals surface area contributed by atoms with E-state index in [0.717, 1.165) is 24.2 Å². The van der Waals surface area contributed by atoms with E-state index >= 15 is 0 Å². The van der Waals surface area contributed by atoms with Crippen molar-refractivity contribution in [3.63, 3.8) is 0 Å². The molecule has 1 unspecified atom stereocenters. The van der Waals surface area contributed by atoms with Gasteiger partial charge in [0.1, 0.15) is 11.3 Å². The molecule has 1 saturated carbocycles. The zero-order valence-corrected chi connectivity index (χ0v) is 17.3. The predicted octanol–water partition coefficient (Wildman–Crippen LogP) is 3.02. The Morgan fingerprint density at radius 1 is 1.20 bits per heavy atom. The van der Waals surface area contributed by atoms with Crippen LogP contribution in [0.5, 0.6) is 5.75 Å². The first-order valence-electron chi connectivity index (χ1n) is 10.3. The van der Waals surface area contributed by atoms with Crippen LogP contribution in [0.1, 0.15) is 31.7 Å². The Morgan fingerprint density at radius 2 is 1.93 bits per heavy atom. The molecule has 0 bridgehead atoms. The molecule has 7 heteroatoms. The molecule has 1 fully saturated rings. The van der Waals surface area contributed by atoms with Crippen LogP contribution in [0.25, 0.3) is 10.9 Å². The quantitative estimate of drug-likeness (QED) is 0.575. The molecule has 30 heavy (non-hydrogen) atoms. The van der Waals surface area contributed by atoms with E-state index in [1.54, 1.807) is 25.3 Å². The molecule has 0 radical (unpaired) electrons. The number of carbonyl (C=O) groups excluding carboxylic acids is 1. The van der Waals surface area contributed by atoms with E-state index in [2.05, 4.69) is 17.2 Å². The summed E-state index contributed by atoms with van der Waals surface area (Å²) in [5.74, 6) is 1.36. The summed E-state index contributed by atoms with van der Waals surface area (Å²) in [7, 11) is 1.64. The van der Waals surface area contributed by atoms with Crippen molar-refractivity contribution in [2.75, 3.05) is 7.11 Å². The van der Waals surface area contributed by atoms with Gasteiger partial charge in [0.15, 0.2) is 0 Å². The third-order valence-electron chi connectivity index (χ3n) is 5.79. The number of carbonyl (C=O) groups is 1. The van der Waals surface area contributed by atoms with Crippen LogP contribution >= 0.6 is 0 Å². The second kappa shape index (κ2) is 8.65. The zero-order valence-electron chi connectivity index (χ0n) is 17.3. The molecule has 1 amide bonds.